The molecule has 17 heavy (non-hydrogen) atoms. The van der Waals surface area contributed by atoms with E-state index in [4.69, 9.17) is 0 Å². The molecule has 0 fully saturated rings. The molecule has 0 saturated heterocycles. The average molecular weight is 313 g/mol. The van der Waals surface area contributed by atoms with E-state index < -0.39 is 0 Å². The largest absolute Gasteiger partial charge is 0.298 e. The number of halogens is 1. The highest BCUT2D eigenvalue weighted by atomic mass is 79.9. The van der Waals surface area contributed by atoms with Gasteiger partial charge in [0.1, 0.15) is 5.69 Å². The van der Waals surface area contributed by atoms with Gasteiger partial charge in [-0.2, -0.15) is 5.10 Å². The van der Waals surface area contributed by atoms with Gasteiger partial charge in [0, 0.05) is 22.7 Å². The molecular weight excluding hydrogens is 300 g/mol. The Morgan fingerprint density at radius 1 is 1.53 bits per heavy atom. The van der Waals surface area contributed by atoms with Gasteiger partial charge in [0.2, 0.25) is 0 Å². The SMILES string of the molecule is Cc1sc(Br)cc1-c1nn(C(C)C)cc1C=O. The molecular formula is C12H13BrN2OS. The van der Waals surface area contributed by atoms with E-state index in [1.54, 1.807) is 17.5 Å². The van der Waals surface area contributed by atoms with Crippen LogP contribution in [0.2, 0.25) is 0 Å². The van der Waals surface area contributed by atoms with Crippen LogP contribution in [-0.4, -0.2) is 16.1 Å². The normalized spacial score (nSPS) is 11.1. The molecule has 3 nitrogen and oxygen atoms in total. The highest BCUT2D eigenvalue weighted by Gasteiger charge is 2.15. The van der Waals surface area contributed by atoms with Crippen molar-refractivity contribution < 1.29 is 4.79 Å². The minimum atomic E-state index is 0.254. The van der Waals surface area contributed by atoms with E-state index >= 15 is 0 Å². The second kappa shape index (κ2) is 4.74. The summed E-state index contributed by atoms with van der Waals surface area (Å²) in [6, 6.07) is 2.27. The lowest BCUT2D eigenvalue weighted by Gasteiger charge is -2.03. The van der Waals surface area contributed by atoms with Gasteiger partial charge in [0.15, 0.2) is 6.29 Å². The van der Waals surface area contributed by atoms with Crippen molar-refractivity contribution >= 4 is 33.6 Å². The Morgan fingerprint density at radius 3 is 2.71 bits per heavy atom. The highest BCUT2D eigenvalue weighted by molar-refractivity contribution is 9.11. The number of aldehydes is 1. The second-order valence-corrected chi connectivity index (χ2v) is 6.78. The van der Waals surface area contributed by atoms with E-state index in [1.165, 1.54) is 0 Å². The van der Waals surface area contributed by atoms with Crippen molar-refractivity contribution in [2.75, 3.05) is 0 Å². The molecule has 90 valence electrons. The van der Waals surface area contributed by atoms with Crippen molar-refractivity contribution in [2.45, 2.75) is 26.8 Å². The average Bonchev–Trinajstić information content (AvgIpc) is 2.81. The first-order chi connectivity index (χ1) is 8.02. The number of thiophene rings is 1. The van der Waals surface area contributed by atoms with E-state index in [-0.39, 0.29) is 6.04 Å². The van der Waals surface area contributed by atoms with Gasteiger partial charge in [-0.05, 0) is 42.8 Å². The fourth-order valence-electron chi connectivity index (χ4n) is 1.65. The number of aryl methyl sites for hydroxylation is 1. The number of nitrogens with zero attached hydrogens (tertiary/aromatic N) is 2. The zero-order chi connectivity index (χ0) is 12.6. The molecule has 0 atom stereocenters. The molecule has 2 aromatic rings. The lowest BCUT2D eigenvalue weighted by molar-refractivity contribution is 0.112. The lowest BCUT2D eigenvalue weighted by Crippen LogP contribution is -2.00. The van der Waals surface area contributed by atoms with Crippen molar-refractivity contribution in [1.82, 2.24) is 9.78 Å². The molecule has 0 saturated carbocycles. The molecule has 2 rings (SSSR count). The number of hydrogen-bond donors (Lipinski definition) is 0. The summed E-state index contributed by atoms with van der Waals surface area (Å²) in [7, 11) is 0. The van der Waals surface area contributed by atoms with Gasteiger partial charge in [0.05, 0.1) is 9.35 Å². The number of carbonyl (C=O) groups is 1. The Labute approximate surface area is 113 Å². The van der Waals surface area contributed by atoms with Crippen LogP contribution in [0.1, 0.15) is 35.1 Å². The van der Waals surface area contributed by atoms with Crippen molar-refractivity contribution in [3.05, 3.63) is 26.5 Å². The fourth-order valence-corrected chi connectivity index (χ4v) is 3.34. The van der Waals surface area contributed by atoms with Crippen LogP contribution in [0.15, 0.2) is 16.0 Å². The van der Waals surface area contributed by atoms with Gasteiger partial charge in [-0.3, -0.25) is 9.48 Å². The molecule has 0 amide bonds. The lowest BCUT2D eigenvalue weighted by atomic mass is 10.1. The van der Waals surface area contributed by atoms with Crippen molar-refractivity contribution in [1.29, 1.82) is 0 Å². The van der Waals surface area contributed by atoms with E-state index in [0.29, 0.717) is 5.56 Å². The van der Waals surface area contributed by atoms with Crippen LogP contribution in [0.25, 0.3) is 11.3 Å². The second-order valence-electron chi connectivity index (χ2n) is 4.15. The third-order valence-corrected chi connectivity index (χ3v) is 4.11. The smallest absolute Gasteiger partial charge is 0.153 e. The Morgan fingerprint density at radius 2 is 2.24 bits per heavy atom. The highest BCUT2D eigenvalue weighted by Crippen LogP contribution is 2.34. The number of hydrogen-bond acceptors (Lipinski definition) is 3. The van der Waals surface area contributed by atoms with Crippen molar-refractivity contribution in [3.63, 3.8) is 0 Å². The maximum atomic E-state index is 11.1. The summed E-state index contributed by atoms with van der Waals surface area (Å²) < 4.78 is 2.88. The van der Waals surface area contributed by atoms with Crippen LogP contribution in [0, 0.1) is 6.92 Å². The van der Waals surface area contributed by atoms with Crippen LogP contribution in [0.3, 0.4) is 0 Å². The van der Waals surface area contributed by atoms with E-state index in [1.807, 2.05) is 31.5 Å². The number of aromatic nitrogens is 2. The molecule has 0 aliphatic carbocycles. The standard InChI is InChI=1S/C12H13BrN2OS/c1-7(2)15-5-9(6-16)12(14-15)10-4-11(13)17-8(10)3/h4-7H,1-3H3. The summed E-state index contributed by atoms with van der Waals surface area (Å²) in [5.41, 5.74) is 2.45. The quantitative estimate of drug-likeness (QED) is 0.800. The van der Waals surface area contributed by atoms with Gasteiger partial charge in [0.25, 0.3) is 0 Å². The Kier molecular flexibility index (Phi) is 3.49. The monoisotopic (exact) mass is 312 g/mol. The zero-order valence-electron chi connectivity index (χ0n) is 9.90. The molecule has 2 heterocycles. The minimum absolute atomic E-state index is 0.254. The van der Waals surface area contributed by atoms with Crippen LogP contribution < -0.4 is 0 Å². The molecule has 0 spiro atoms. The van der Waals surface area contributed by atoms with Gasteiger partial charge < -0.3 is 0 Å². The van der Waals surface area contributed by atoms with Crippen LogP contribution in [0.5, 0.6) is 0 Å². The predicted molar refractivity (Wildman–Crippen MR) is 73.7 cm³/mol. The van der Waals surface area contributed by atoms with E-state index in [0.717, 1.165) is 26.2 Å². The molecule has 0 aliphatic rings. The van der Waals surface area contributed by atoms with Gasteiger partial charge in [-0.1, -0.05) is 0 Å². The van der Waals surface area contributed by atoms with E-state index in [2.05, 4.69) is 21.0 Å². The van der Waals surface area contributed by atoms with Gasteiger partial charge in [-0.25, -0.2) is 0 Å². The van der Waals surface area contributed by atoms with Crippen molar-refractivity contribution in [2.24, 2.45) is 0 Å². The maximum Gasteiger partial charge on any atom is 0.153 e. The summed E-state index contributed by atoms with van der Waals surface area (Å²) in [5, 5.41) is 4.50. The van der Waals surface area contributed by atoms with Gasteiger partial charge in [-0.15, -0.1) is 11.3 Å². The fraction of sp³-hybridized carbons (Fsp3) is 0.333. The van der Waals surface area contributed by atoms with Gasteiger partial charge >= 0.3 is 0 Å². The third-order valence-electron chi connectivity index (χ3n) is 2.56. The summed E-state index contributed by atoms with van der Waals surface area (Å²) in [6.07, 6.45) is 2.67. The maximum absolute atomic E-state index is 11.1. The number of rotatable bonds is 3. The summed E-state index contributed by atoms with van der Waals surface area (Å²) >= 11 is 5.11. The molecule has 0 aliphatic heterocycles. The Hall–Kier alpha value is -0.940. The number of carbonyl (C=O) groups excluding carboxylic acids is 1. The van der Waals surface area contributed by atoms with Crippen LogP contribution in [0.4, 0.5) is 0 Å². The molecule has 5 heteroatoms. The molecule has 0 aromatic carbocycles. The van der Waals surface area contributed by atoms with Crippen LogP contribution in [-0.2, 0) is 0 Å². The summed E-state index contributed by atoms with van der Waals surface area (Å²) in [5.74, 6) is 0. The summed E-state index contributed by atoms with van der Waals surface area (Å²) in [6.45, 7) is 6.12. The molecule has 0 unspecified atom stereocenters. The van der Waals surface area contributed by atoms with Crippen molar-refractivity contribution in [3.8, 4) is 11.3 Å². The van der Waals surface area contributed by atoms with Crippen LogP contribution >= 0.6 is 27.3 Å². The van der Waals surface area contributed by atoms with E-state index in [9.17, 15) is 4.79 Å². The topological polar surface area (TPSA) is 34.9 Å². The first-order valence-electron chi connectivity index (χ1n) is 5.33. The zero-order valence-corrected chi connectivity index (χ0v) is 12.3. The Bertz CT molecular complexity index is 557. The first kappa shape index (κ1) is 12.5. The Balaban J connectivity index is 2.58. The molecule has 2 aromatic heterocycles. The summed E-state index contributed by atoms with van der Waals surface area (Å²) in [4.78, 5) is 12.3. The predicted octanol–water partition coefficient (Wildman–Crippen LogP) is 4.08. The third kappa shape index (κ3) is 2.35. The molecule has 0 N–H and O–H groups in total. The minimum Gasteiger partial charge on any atom is -0.298 e. The first-order valence-corrected chi connectivity index (χ1v) is 6.94. The molecule has 0 bridgehead atoms. The molecule has 0 radical (unpaired) electrons.